The van der Waals surface area contributed by atoms with Crippen molar-refractivity contribution in [3.63, 3.8) is 0 Å². The highest BCUT2D eigenvalue weighted by Crippen LogP contribution is 2.24. The van der Waals surface area contributed by atoms with E-state index >= 15 is 0 Å². The standard InChI is InChI=1S/C11H19N5O3S2/c1-4-16(9-5-6-21(18,19)7-9)10(17)8(2)20-11-12-13-14-15(11)3/h8-9H,4-7H2,1-3H3. The van der Waals surface area contributed by atoms with Crippen LogP contribution in [0.15, 0.2) is 5.16 Å². The highest BCUT2D eigenvalue weighted by atomic mass is 32.2. The summed E-state index contributed by atoms with van der Waals surface area (Å²) >= 11 is 1.27. The number of aromatic nitrogens is 4. The molecule has 1 saturated heterocycles. The maximum absolute atomic E-state index is 12.5. The maximum atomic E-state index is 12.5. The molecule has 1 amide bonds. The highest BCUT2D eigenvalue weighted by Gasteiger charge is 2.35. The number of aryl methyl sites for hydroxylation is 1. The van der Waals surface area contributed by atoms with Gasteiger partial charge in [-0.3, -0.25) is 4.79 Å². The van der Waals surface area contributed by atoms with E-state index in [-0.39, 0.29) is 28.7 Å². The number of thioether (sulfide) groups is 1. The number of rotatable bonds is 5. The molecule has 2 heterocycles. The van der Waals surface area contributed by atoms with E-state index in [9.17, 15) is 13.2 Å². The van der Waals surface area contributed by atoms with Crippen molar-refractivity contribution in [2.45, 2.75) is 36.7 Å². The Labute approximate surface area is 128 Å². The SMILES string of the molecule is CCN(C(=O)C(C)Sc1nnnn1C)C1CCS(=O)(=O)C1. The van der Waals surface area contributed by atoms with Crippen molar-refractivity contribution in [1.82, 2.24) is 25.1 Å². The Morgan fingerprint density at radius 3 is 2.76 bits per heavy atom. The smallest absolute Gasteiger partial charge is 0.236 e. The number of hydrogen-bond donors (Lipinski definition) is 0. The summed E-state index contributed by atoms with van der Waals surface area (Å²) in [5.74, 6) is 0.152. The van der Waals surface area contributed by atoms with E-state index in [2.05, 4.69) is 15.5 Å². The van der Waals surface area contributed by atoms with Gasteiger partial charge in [-0.15, -0.1) is 5.10 Å². The summed E-state index contributed by atoms with van der Waals surface area (Å²) in [6.45, 7) is 4.15. The first-order chi connectivity index (χ1) is 9.84. The second kappa shape index (κ2) is 6.30. The van der Waals surface area contributed by atoms with E-state index in [1.54, 1.807) is 18.9 Å². The fourth-order valence-electron chi connectivity index (χ4n) is 2.38. The second-order valence-corrected chi connectivity index (χ2v) is 8.56. The van der Waals surface area contributed by atoms with Gasteiger partial charge in [0.05, 0.1) is 16.8 Å². The summed E-state index contributed by atoms with van der Waals surface area (Å²) in [5.41, 5.74) is 0. The number of carbonyl (C=O) groups is 1. The average Bonchev–Trinajstić information content (AvgIpc) is 2.97. The molecule has 1 aliphatic heterocycles. The minimum absolute atomic E-state index is 0.0650. The van der Waals surface area contributed by atoms with E-state index in [0.717, 1.165) is 0 Å². The van der Waals surface area contributed by atoms with Gasteiger partial charge >= 0.3 is 0 Å². The van der Waals surface area contributed by atoms with E-state index < -0.39 is 9.84 Å². The van der Waals surface area contributed by atoms with Crippen molar-refractivity contribution in [2.75, 3.05) is 18.1 Å². The number of hydrogen-bond acceptors (Lipinski definition) is 7. The number of tetrazole rings is 1. The molecule has 2 unspecified atom stereocenters. The molecule has 0 bridgehead atoms. The third-order valence-corrected chi connectivity index (χ3v) is 6.35. The lowest BCUT2D eigenvalue weighted by Crippen LogP contribution is -2.44. The Hall–Kier alpha value is -1.16. The van der Waals surface area contributed by atoms with Crippen molar-refractivity contribution in [2.24, 2.45) is 7.05 Å². The van der Waals surface area contributed by atoms with Crippen LogP contribution in [0.25, 0.3) is 0 Å². The van der Waals surface area contributed by atoms with Crippen LogP contribution in [0.3, 0.4) is 0 Å². The third kappa shape index (κ3) is 3.73. The second-order valence-electron chi connectivity index (χ2n) is 5.03. The molecule has 0 saturated carbocycles. The van der Waals surface area contributed by atoms with E-state index in [0.29, 0.717) is 18.1 Å². The van der Waals surface area contributed by atoms with Gasteiger partial charge in [0, 0.05) is 19.6 Å². The molecule has 0 aromatic carbocycles. The molecule has 1 aromatic heterocycles. The Balaban J connectivity index is 2.04. The molecule has 0 radical (unpaired) electrons. The number of amides is 1. The van der Waals surface area contributed by atoms with Gasteiger partial charge < -0.3 is 4.90 Å². The zero-order valence-corrected chi connectivity index (χ0v) is 13.9. The molecule has 2 rings (SSSR count). The first-order valence-electron chi connectivity index (χ1n) is 6.74. The molecule has 8 nitrogen and oxygen atoms in total. The van der Waals surface area contributed by atoms with E-state index in [1.165, 1.54) is 16.4 Å². The molecular formula is C11H19N5O3S2. The molecule has 2 atom stereocenters. The summed E-state index contributed by atoms with van der Waals surface area (Å²) in [5, 5.41) is 11.3. The quantitative estimate of drug-likeness (QED) is 0.684. The van der Waals surface area contributed by atoms with Crippen LogP contribution >= 0.6 is 11.8 Å². The topological polar surface area (TPSA) is 98.1 Å². The lowest BCUT2D eigenvalue weighted by atomic mass is 10.2. The predicted octanol–water partition coefficient (Wildman–Crippen LogP) is -0.274. The van der Waals surface area contributed by atoms with Crippen molar-refractivity contribution in [3.05, 3.63) is 0 Å². The van der Waals surface area contributed by atoms with Crippen molar-refractivity contribution in [3.8, 4) is 0 Å². The average molecular weight is 333 g/mol. The summed E-state index contributed by atoms with van der Waals surface area (Å²) in [6.07, 6.45) is 0.519. The summed E-state index contributed by atoms with van der Waals surface area (Å²) in [4.78, 5) is 14.2. The largest absolute Gasteiger partial charge is 0.338 e. The first kappa shape index (κ1) is 16.2. The lowest BCUT2D eigenvalue weighted by molar-refractivity contribution is -0.131. The monoisotopic (exact) mass is 333 g/mol. The van der Waals surface area contributed by atoms with Crippen LogP contribution in [0.1, 0.15) is 20.3 Å². The molecule has 0 aliphatic carbocycles. The van der Waals surface area contributed by atoms with Gasteiger partial charge in [-0.25, -0.2) is 13.1 Å². The first-order valence-corrected chi connectivity index (χ1v) is 9.44. The number of nitrogens with zero attached hydrogens (tertiary/aromatic N) is 5. The van der Waals surface area contributed by atoms with Crippen LogP contribution in [0.5, 0.6) is 0 Å². The number of carbonyl (C=O) groups excluding carboxylic acids is 1. The molecule has 10 heteroatoms. The fourth-order valence-corrected chi connectivity index (χ4v) is 4.93. The van der Waals surface area contributed by atoms with Gasteiger partial charge in [-0.05, 0) is 30.7 Å². The molecule has 1 aromatic rings. The minimum atomic E-state index is -3.00. The number of sulfone groups is 1. The Bertz CT molecular complexity index is 615. The Morgan fingerprint density at radius 1 is 1.57 bits per heavy atom. The molecule has 118 valence electrons. The van der Waals surface area contributed by atoms with Crippen LogP contribution in [-0.4, -0.2) is 68.8 Å². The fraction of sp³-hybridized carbons (Fsp3) is 0.818. The van der Waals surface area contributed by atoms with Crippen LogP contribution in [-0.2, 0) is 21.7 Å². The van der Waals surface area contributed by atoms with Crippen LogP contribution < -0.4 is 0 Å². The van der Waals surface area contributed by atoms with Crippen molar-refractivity contribution in [1.29, 1.82) is 0 Å². The van der Waals surface area contributed by atoms with Gasteiger partial charge in [0.15, 0.2) is 9.84 Å². The third-order valence-electron chi connectivity index (χ3n) is 3.48. The Kier molecular flexibility index (Phi) is 4.87. The normalized spacial score (nSPS) is 22.1. The zero-order chi connectivity index (χ0) is 15.6. The molecular weight excluding hydrogens is 314 g/mol. The van der Waals surface area contributed by atoms with Crippen LogP contribution in [0.4, 0.5) is 0 Å². The van der Waals surface area contributed by atoms with Gasteiger partial charge in [0.25, 0.3) is 0 Å². The molecule has 1 aliphatic rings. The van der Waals surface area contributed by atoms with Gasteiger partial charge in [0.1, 0.15) is 0 Å². The molecule has 21 heavy (non-hydrogen) atoms. The highest BCUT2D eigenvalue weighted by molar-refractivity contribution is 8.00. The van der Waals surface area contributed by atoms with Crippen LogP contribution in [0.2, 0.25) is 0 Å². The summed E-state index contributed by atoms with van der Waals surface area (Å²) < 4.78 is 24.7. The lowest BCUT2D eigenvalue weighted by Gasteiger charge is -2.29. The maximum Gasteiger partial charge on any atom is 0.236 e. The zero-order valence-electron chi connectivity index (χ0n) is 12.3. The van der Waals surface area contributed by atoms with Gasteiger partial charge in [-0.1, -0.05) is 11.8 Å². The van der Waals surface area contributed by atoms with Crippen molar-refractivity contribution < 1.29 is 13.2 Å². The predicted molar refractivity (Wildman–Crippen MR) is 78.6 cm³/mol. The van der Waals surface area contributed by atoms with Crippen molar-refractivity contribution >= 4 is 27.5 Å². The van der Waals surface area contributed by atoms with Crippen LogP contribution in [0, 0.1) is 0 Å². The molecule has 0 N–H and O–H groups in total. The van der Waals surface area contributed by atoms with E-state index in [4.69, 9.17) is 0 Å². The van der Waals surface area contributed by atoms with Gasteiger partial charge in [0.2, 0.25) is 11.1 Å². The Morgan fingerprint density at radius 2 is 2.29 bits per heavy atom. The molecule has 0 spiro atoms. The van der Waals surface area contributed by atoms with E-state index in [1.807, 2.05) is 6.92 Å². The minimum Gasteiger partial charge on any atom is -0.338 e. The van der Waals surface area contributed by atoms with Gasteiger partial charge in [-0.2, -0.15) is 0 Å². The molecule has 1 fully saturated rings. The summed E-state index contributed by atoms with van der Waals surface area (Å²) in [6, 6.07) is -0.215. The summed E-state index contributed by atoms with van der Waals surface area (Å²) in [7, 11) is -1.29.